The van der Waals surface area contributed by atoms with Gasteiger partial charge in [-0.05, 0) is 67.6 Å². The van der Waals surface area contributed by atoms with Gasteiger partial charge in [-0.2, -0.15) is 0 Å². The number of ether oxygens (including phenoxy) is 4. The minimum absolute atomic E-state index is 0.127. The highest BCUT2D eigenvalue weighted by Gasteiger charge is 2.18. The van der Waals surface area contributed by atoms with E-state index in [1.165, 1.54) is 11.8 Å². The number of aromatic nitrogens is 3. The molecule has 0 fully saturated rings. The summed E-state index contributed by atoms with van der Waals surface area (Å²) in [5, 5.41) is 12.7. The Kier molecular flexibility index (Phi) is 7.67. The van der Waals surface area contributed by atoms with Crippen molar-refractivity contribution in [2.24, 2.45) is 0 Å². The Morgan fingerprint density at radius 3 is 2.51 bits per heavy atom. The molecule has 4 aromatic rings. The lowest BCUT2D eigenvalue weighted by atomic mass is 10.3. The third-order valence-corrected chi connectivity index (χ3v) is 6.46. The molecule has 0 radical (unpaired) electrons. The van der Waals surface area contributed by atoms with E-state index in [1.54, 1.807) is 42.5 Å². The fourth-order valence-corrected chi connectivity index (χ4v) is 4.48. The molecule has 0 saturated carbocycles. The van der Waals surface area contributed by atoms with Gasteiger partial charge in [0.2, 0.25) is 12.7 Å². The van der Waals surface area contributed by atoms with Crippen LogP contribution in [0, 0.1) is 0 Å². The van der Waals surface area contributed by atoms with Crippen molar-refractivity contribution in [1.82, 2.24) is 14.8 Å². The molecule has 0 aliphatic carbocycles. The van der Waals surface area contributed by atoms with Crippen molar-refractivity contribution in [3.05, 3.63) is 77.6 Å². The van der Waals surface area contributed by atoms with Crippen molar-refractivity contribution in [2.75, 3.05) is 24.5 Å². The number of nitrogens with zero attached hydrogens (tertiary/aromatic N) is 3. The monoisotopic (exact) mass is 538 g/mol. The Labute approximate surface area is 222 Å². The van der Waals surface area contributed by atoms with E-state index in [0.29, 0.717) is 45.5 Å². The first-order valence-electron chi connectivity index (χ1n) is 11.5. The largest absolute Gasteiger partial charge is 0.494 e. The molecule has 0 spiro atoms. The van der Waals surface area contributed by atoms with Gasteiger partial charge in [-0.15, -0.1) is 10.2 Å². The maximum atomic E-state index is 12.7. The molecule has 1 aromatic heterocycles. The normalized spacial score (nSPS) is 11.8. The lowest BCUT2D eigenvalue weighted by molar-refractivity contribution is -0.113. The lowest BCUT2D eigenvalue weighted by Crippen LogP contribution is -2.14. The Hall–Kier alpha value is -3.89. The molecule has 3 aromatic carbocycles. The average Bonchev–Trinajstić information content (AvgIpc) is 3.54. The van der Waals surface area contributed by atoms with E-state index in [-0.39, 0.29) is 25.1 Å². The van der Waals surface area contributed by atoms with Gasteiger partial charge < -0.3 is 24.3 Å². The maximum absolute atomic E-state index is 12.7. The number of hydrogen-bond donors (Lipinski definition) is 1. The van der Waals surface area contributed by atoms with Gasteiger partial charge in [-0.1, -0.05) is 23.4 Å². The van der Waals surface area contributed by atoms with Crippen molar-refractivity contribution in [3.63, 3.8) is 0 Å². The number of nitrogens with one attached hydrogen (secondary N) is 1. The molecule has 1 amide bonds. The molecule has 1 aliphatic heterocycles. The lowest BCUT2D eigenvalue weighted by Gasteiger charge is -2.12. The first-order valence-corrected chi connectivity index (χ1v) is 12.8. The van der Waals surface area contributed by atoms with E-state index in [1.807, 2.05) is 35.8 Å². The molecule has 0 unspecified atom stereocenters. The van der Waals surface area contributed by atoms with Gasteiger partial charge in [-0.3, -0.25) is 9.36 Å². The molecule has 0 bridgehead atoms. The van der Waals surface area contributed by atoms with E-state index in [4.69, 9.17) is 30.5 Å². The van der Waals surface area contributed by atoms with Gasteiger partial charge in [0.05, 0.1) is 12.4 Å². The summed E-state index contributed by atoms with van der Waals surface area (Å²) >= 11 is 7.24. The van der Waals surface area contributed by atoms with Crippen molar-refractivity contribution in [3.8, 4) is 28.7 Å². The van der Waals surface area contributed by atoms with Crippen LogP contribution < -0.4 is 24.3 Å². The molecule has 37 heavy (non-hydrogen) atoms. The fraction of sp³-hybridized carbons (Fsp3) is 0.192. The minimum atomic E-state index is -0.191. The summed E-state index contributed by atoms with van der Waals surface area (Å²) in [6.45, 7) is 2.86. The number of amides is 1. The maximum Gasteiger partial charge on any atom is 0.234 e. The zero-order valence-electron chi connectivity index (χ0n) is 19.8. The summed E-state index contributed by atoms with van der Waals surface area (Å²) in [5.74, 6) is 3.19. The number of rotatable bonds is 10. The molecule has 5 rings (SSSR count). The van der Waals surface area contributed by atoms with Gasteiger partial charge in [0.25, 0.3) is 0 Å². The van der Waals surface area contributed by atoms with Gasteiger partial charge in [0.15, 0.2) is 22.5 Å². The quantitative estimate of drug-likeness (QED) is 0.270. The first-order chi connectivity index (χ1) is 18.1. The zero-order valence-corrected chi connectivity index (χ0v) is 21.4. The highest BCUT2D eigenvalue weighted by molar-refractivity contribution is 7.99. The van der Waals surface area contributed by atoms with Crippen molar-refractivity contribution in [1.29, 1.82) is 0 Å². The first kappa shape index (κ1) is 24.8. The van der Waals surface area contributed by atoms with Gasteiger partial charge in [0.1, 0.15) is 18.1 Å². The van der Waals surface area contributed by atoms with Crippen LogP contribution in [-0.4, -0.2) is 39.8 Å². The van der Waals surface area contributed by atoms with Crippen LogP contribution in [-0.2, 0) is 11.4 Å². The second kappa shape index (κ2) is 11.4. The summed E-state index contributed by atoms with van der Waals surface area (Å²) in [7, 11) is 0. The van der Waals surface area contributed by atoms with E-state index in [2.05, 4.69) is 15.5 Å². The summed E-state index contributed by atoms with van der Waals surface area (Å²) in [6.07, 6.45) is 0. The van der Waals surface area contributed by atoms with E-state index in [0.717, 1.165) is 11.4 Å². The summed E-state index contributed by atoms with van der Waals surface area (Å²) in [4.78, 5) is 12.7. The Balaban J connectivity index is 1.31. The number of benzene rings is 3. The van der Waals surface area contributed by atoms with Gasteiger partial charge in [0, 0.05) is 22.5 Å². The molecular weight excluding hydrogens is 516 g/mol. The number of carbonyl (C=O) groups is 1. The molecule has 0 atom stereocenters. The van der Waals surface area contributed by atoms with Crippen molar-refractivity contribution < 1.29 is 23.7 Å². The van der Waals surface area contributed by atoms with Crippen LogP contribution in [0.1, 0.15) is 12.7 Å². The van der Waals surface area contributed by atoms with Crippen molar-refractivity contribution >= 4 is 35.0 Å². The van der Waals surface area contributed by atoms with Crippen molar-refractivity contribution in [2.45, 2.75) is 18.7 Å². The second-order valence-corrected chi connectivity index (χ2v) is 9.19. The standard InChI is InChI=1S/C26H23ClN4O5S/c1-2-33-20-10-6-19(7-11-20)31-24(14-34-21-8-3-17(27)4-9-21)29-30-26(31)37-15-25(32)28-18-5-12-22-23(13-18)36-16-35-22/h3-13H,2,14-16H2,1H3,(H,28,32). The molecule has 2 heterocycles. The predicted octanol–water partition coefficient (Wildman–Crippen LogP) is 5.36. The third kappa shape index (κ3) is 6.10. The second-order valence-electron chi connectivity index (χ2n) is 7.81. The average molecular weight is 539 g/mol. The molecule has 190 valence electrons. The van der Waals surface area contributed by atoms with Crippen LogP contribution in [0.4, 0.5) is 5.69 Å². The third-order valence-electron chi connectivity index (χ3n) is 5.28. The summed E-state index contributed by atoms with van der Waals surface area (Å²) in [5.41, 5.74) is 1.45. The van der Waals surface area contributed by atoms with Crippen LogP contribution in [0.25, 0.3) is 5.69 Å². The zero-order chi connectivity index (χ0) is 25.6. The van der Waals surface area contributed by atoms with Crippen LogP contribution >= 0.6 is 23.4 Å². The van der Waals surface area contributed by atoms with Crippen LogP contribution in [0.5, 0.6) is 23.0 Å². The number of thioether (sulfide) groups is 1. The molecule has 1 aliphatic rings. The van der Waals surface area contributed by atoms with Crippen LogP contribution in [0.2, 0.25) is 5.02 Å². The Bertz CT molecular complexity index is 1380. The Morgan fingerprint density at radius 2 is 1.73 bits per heavy atom. The van der Waals surface area contributed by atoms with Gasteiger partial charge in [-0.25, -0.2) is 0 Å². The fourth-order valence-electron chi connectivity index (χ4n) is 3.58. The van der Waals surface area contributed by atoms with Gasteiger partial charge >= 0.3 is 0 Å². The number of anilines is 1. The van der Waals surface area contributed by atoms with Crippen LogP contribution in [0.3, 0.4) is 0 Å². The SMILES string of the molecule is CCOc1ccc(-n2c(COc3ccc(Cl)cc3)nnc2SCC(=O)Nc2ccc3c(c2)OCO3)cc1. The number of carbonyl (C=O) groups excluding carboxylic acids is 1. The van der Waals surface area contributed by atoms with E-state index in [9.17, 15) is 4.79 Å². The topological polar surface area (TPSA) is 96.7 Å². The summed E-state index contributed by atoms with van der Waals surface area (Å²) < 4.78 is 24.0. The highest BCUT2D eigenvalue weighted by atomic mass is 35.5. The van der Waals surface area contributed by atoms with Crippen LogP contribution in [0.15, 0.2) is 71.9 Å². The summed E-state index contributed by atoms with van der Waals surface area (Å²) in [6, 6.07) is 19.9. The molecule has 11 heteroatoms. The molecule has 0 saturated heterocycles. The smallest absolute Gasteiger partial charge is 0.234 e. The number of hydrogen-bond acceptors (Lipinski definition) is 8. The Morgan fingerprint density at radius 1 is 1.00 bits per heavy atom. The predicted molar refractivity (Wildman–Crippen MR) is 140 cm³/mol. The molecular formula is C26H23ClN4O5S. The molecule has 1 N–H and O–H groups in total. The molecule has 9 nitrogen and oxygen atoms in total. The highest BCUT2D eigenvalue weighted by Crippen LogP contribution is 2.34. The number of halogens is 1. The van der Waals surface area contributed by atoms with E-state index >= 15 is 0 Å². The number of fused-ring (bicyclic) bond motifs is 1. The van der Waals surface area contributed by atoms with E-state index < -0.39 is 0 Å². The minimum Gasteiger partial charge on any atom is -0.494 e.